The highest BCUT2D eigenvalue weighted by atomic mass is 15.0. The number of hydrogen-bond donors (Lipinski definition) is 0. The van der Waals surface area contributed by atoms with Crippen LogP contribution in [0.2, 0.25) is 0 Å². The van der Waals surface area contributed by atoms with E-state index < -0.39 is 0 Å². The molecular weight excluding hydrogens is 669 g/mol. The number of nitrogens with zero attached hydrogens (tertiary/aromatic N) is 4. The van der Waals surface area contributed by atoms with Crippen LogP contribution in [-0.2, 0) is 10.8 Å². The van der Waals surface area contributed by atoms with E-state index >= 15 is 0 Å². The molecule has 0 bridgehead atoms. The van der Waals surface area contributed by atoms with Crippen molar-refractivity contribution in [1.29, 1.82) is 0 Å². The van der Waals surface area contributed by atoms with Gasteiger partial charge in [-0.15, -0.1) is 0 Å². The molecule has 4 heteroatoms. The fourth-order valence-corrected chi connectivity index (χ4v) is 8.53. The van der Waals surface area contributed by atoms with Gasteiger partial charge in [0.15, 0.2) is 17.5 Å². The Morgan fingerprint density at radius 1 is 0.364 bits per heavy atom. The van der Waals surface area contributed by atoms with Crippen molar-refractivity contribution in [3.8, 4) is 67.7 Å². The number of rotatable bonds is 6. The van der Waals surface area contributed by atoms with Crippen LogP contribution < -0.4 is 0 Å². The van der Waals surface area contributed by atoms with Crippen LogP contribution in [0.5, 0.6) is 0 Å². The lowest BCUT2D eigenvalue weighted by Crippen LogP contribution is -2.42. The SMILES string of the molecule is CC1(C)c2ccc(-c3cc(-c4cccc(-c5ccc(-c6nc(-c7ccccc7)nc(-c7ccccc7)n6)c6ccccc56)c4)ccn3)cc2C(C)(C)C1(C)C. The average molecular weight is 713 g/mol. The van der Waals surface area contributed by atoms with E-state index in [9.17, 15) is 0 Å². The lowest BCUT2D eigenvalue weighted by molar-refractivity contribution is 0.125. The quantitative estimate of drug-likeness (QED) is 0.172. The van der Waals surface area contributed by atoms with E-state index in [4.69, 9.17) is 19.9 Å². The van der Waals surface area contributed by atoms with Crippen molar-refractivity contribution in [2.24, 2.45) is 5.41 Å². The van der Waals surface area contributed by atoms with Crippen LogP contribution in [0, 0.1) is 5.41 Å². The van der Waals surface area contributed by atoms with Gasteiger partial charge >= 0.3 is 0 Å². The maximum absolute atomic E-state index is 5.05. The third-order valence-electron chi connectivity index (χ3n) is 12.9. The van der Waals surface area contributed by atoms with Crippen LogP contribution in [0.15, 0.2) is 158 Å². The first-order chi connectivity index (χ1) is 26.5. The molecule has 0 fully saturated rings. The molecule has 0 aliphatic heterocycles. The molecule has 0 amide bonds. The number of aromatic nitrogens is 4. The second-order valence-corrected chi connectivity index (χ2v) is 16.4. The van der Waals surface area contributed by atoms with Gasteiger partial charge in [-0.25, -0.2) is 15.0 Å². The van der Waals surface area contributed by atoms with Crippen molar-refractivity contribution in [3.63, 3.8) is 0 Å². The first-order valence-electron chi connectivity index (χ1n) is 19.1. The van der Waals surface area contributed by atoms with Gasteiger partial charge in [0.05, 0.1) is 5.69 Å². The van der Waals surface area contributed by atoms with Crippen LogP contribution in [-0.4, -0.2) is 19.9 Å². The molecular formula is C51H44N4. The minimum atomic E-state index is 0.0317. The Balaban J connectivity index is 1.11. The van der Waals surface area contributed by atoms with Crippen molar-refractivity contribution >= 4 is 10.8 Å². The molecule has 2 aromatic heterocycles. The van der Waals surface area contributed by atoms with Gasteiger partial charge < -0.3 is 0 Å². The second-order valence-electron chi connectivity index (χ2n) is 16.4. The highest BCUT2D eigenvalue weighted by molar-refractivity contribution is 6.04. The highest BCUT2D eigenvalue weighted by Gasteiger charge is 2.56. The van der Waals surface area contributed by atoms with Crippen LogP contribution in [0.1, 0.15) is 52.7 Å². The van der Waals surface area contributed by atoms with E-state index in [2.05, 4.69) is 133 Å². The molecule has 6 aromatic carbocycles. The molecule has 0 saturated carbocycles. The molecule has 1 aliphatic rings. The van der Waals surface area contributed by atoms with Crippen LogP contribution in [0.4, 0.5) is 0 Å². The van der Waals surface area contributed by atoms with Gasteiger partial charge in [0, 0.05) is 28.5 Å². The Morgan fingerprint density at radius 3 is 1.56 bits per heavy atom. The third-order valence-corrected chi connectivity index (χ3v) is 12.9. The molecule has 0 N–H and O–H groups in total. The molecule has 55 heavy (non-hydrogen) atoms. The maximum atomic E-state index is 5.05. The van der Waals surface area contributed by atoms with Gasteiger partial charge in [-0.1, -0.05) is 163 Å². The predicted octanol–water partition coefficient (Wildman–Crippen LogP) is 13.0. The zero-order valence-electron chi connectivity index (χ0n) is 32.3. The van der Waals surface area contributed by atoms with Crippen molar-refractivity contribution in [2.75, 3.05) is 0 Å². The largest absolute Gasteiger partial charge is 0.256 e. The first-order valence-corrected chi connectivity index (χ1v) is 19.1. The van der Waals surface area contributed by atoms with Crippen molar-refractivity contribution in [3.05, 3.63) is 169 Å². The first kappa shape index (κ1) is 34.5. The zero-order chi connectivity index (χ0) is 38.0. The van der Waals surface area contributed by atoms with Crippen molar-refractivity contribution in [2.45, 2.75) is 52.4 Å². The van der Waals surface area contributed by atoms with Gasteiger partial charge in [0.1, 0.15) is 0 Å². The minimum Gasteiger partial charge on any atom is -0.256 e. The summed E-state index contributed by atoms with van der Waals surface area (Å²) in [5, 5.41) is 2.23. The summed E-state index contributed by atoms with van der Waals surface area (Å²) in [6, 6.07) is 53.3. The molecule has 268 valence electrons. The monoisotopic (exact) mass is 712 g/mol. The van der Waals surface area contributed by atoms with Gasteiger partial charge in [0.2, 0.25) is 0 Å². The zero-order valence-corrected chi connectivity index (χ0v) is 32.3. The maximum Gasteiger partial charge on any atom is 0.164 e. The van der Waals surface area contributed by atoms with Gasteiger partial charge in [-0.2, -0.15) is 0 Å². The van der Waals surface area contributed by atoms with Crippen LogP contribution in [0.3, 0.4) is 0 Å². The highest BCUT2D eigenvalue weighted by Crippen LogP contribution is 2.61. The van der Waals surface area contributed by atoms with E-state index in [-0.39, 0.29) is 16.2 Å². The second kappa shape index (κ2) is 13.0. The minimum absolute atomic E-state index is 0.0317. The summed E-state index contributed by atoms with van der Waals surface area (Å²) in [5.41, 5.74) is 12.7. The molecule has 8 aromatic rings. The van der Waals surface area contributed by atoms with Gasteiger partial charge in [-0.05, 0) is 90.7 Å². The Kier molecular flexibility index (Phi) is 8.12. The average Bonchev–Trinajstić information content (AvgIpc) is 3.33. The summed E-state index contributed by atoms with van der Waals surface area (Å²) in [7, 11) is 0. The third kappa shape index (κ3) is 5.67. The normalized spacial score (nSPS) is 15.2. The lowest BCUT2D eigenvalue weighted by Gasteiger charge is -2.44. The smallest absolute Gasteiger partial charge is 0.164 e. The number of benzene rings is 6. The topological polar surface area (TPSA) is 51.6 Å². The summed E-state index contributed by atoms with van der Waals surface area (Å²) in [6.45, 7) is 14.4. The Morgan fingerprint density at radius 2 is 0.891 bits per heavy atom. The molecule has 0 saturated heterocycles. The Hall–Kier alpha value is -6.26. The molecule has 9 rings (SSSR count). The van der Waals surface area contributed by atoms with E-state index in [0.717, 1.165) is 61.0 Å². The summed E-state index contributed by atoms with van der Waals surface area (Å²) in [4.78, 5) is 19.9. The van der Waals surface area contributed by atoms with Crippen LogP contribution in [0.25, 0.3) is 78.4 Å². The summed E-state index contributed by atoms with van der Waals surface area (Å²) in [6.07, 6.45) is 1.94. The number of pyridine rings is 1. The Labute approximate surface area is 324 Å². The van der Waals surface area contributed by atoms with E-state index in [1.54, 1.807) is 0 Å². The van der Waals surface area contributed by atoms with Crippen LogP contribution >= 0.6 is 0 Å². The summed E-state index contributed by atoms with van der Waals surface area (Å²) < 4.78 is 0. The molecule has 0 unspecified atom stereocenters. The summed E-state index contributed by atoms with van der Waals surface area (Å²) >= 11 is 0. The lowest BCUT2D eigenvalue weighted by atomic mass is 9.59. The molecule has 1 aliphatic carbocycles. The summed E-state index contributed by atoms with van der Waals surface area (Å²) in [5.74, 6) is 1.95. The standard InChI is InChI=1S/C51H44N4/c1-49(2)43-27-24-38(31-44(43)50(3,4)51(49,5)6)45-32-36(28-29-52-45)35-20-15-21-37(30-35)39-25-26-42(41-23-14-13-22-40(39)41)48-54-46(33-16-9-7-10-17-33)53-47(55-48)34-18-11-8-12-19-34/h7-32H,1-6H3. The Bertz CT molecular complexity index is 2670. The fourth-order valence-electron chi connectivity index (χ4n) is 8.53. The molecule has 4 nitrogen and oxygen atoms in total. The van der Waals surface area contributed by atoms with E-state index in [1.165, 1.54) is 11.1 Å². The van der Waals surface area contributed by atoms with Gasteiger partial charge in [0.25, 0.3) is 0 Å². The number of hydrogen-bond acceptors (Lipinski definition) is 4. The number of fused-ring (bicyclic) bond motifs is 2. The van der Waals surface area contributed by atoms with Gasteiger partial charge in [-0.3, -0.25) is 4.98 Å². The fraction of sp³-hybridized carbons (Fsp3) is 0.176. The van der Waals surface area contributed by atoms with E-state index in [0.29, 0.717) is 17.5 Å². The molecule has 0 radical (unpaired) electrons. The van der Waals surface area contributed by atoms with E-state index in [1.807, 2.05) is 66.9 Å². The molecule has 0 atom stereocenters. The molecule has 2 heterocycles. The predicted molar refractivity (Wildman–Crippen MR) is 228 cm³/mol. The van der Waals surface area contributed by atoms with Crippen molar-refractivity contribution < 1.29 is 0 Å². The molecule has 0 spiro atoms. The van der Waals surface area contributed by atoms with Crippen molar-refractivity contribution in [1.82, 2.24) is 19.9 Å².